The zero-order valence-electron chi connectivity index (χ0n) is 11.9. The maximum absolute atomic E-state index is 13.0. The van der Waals surface area contributed by atoms with E-state index in [1.54, 1.807) is 0 Å². The van der Waals surface area contributed by atoms with Crippen molar-refractivity contribution in [2.45, 2.75) is 25.8 Å². The van der Waals surface area contributed by atoms with Crippen LogP contribution in [0.15, 0.2) is 51.4 Å². The Kier molecular flexibility index (Phi) is 6.40. The number of nitrogens with one attached hydrogen (secondary N) is 1. The predicted molar refractivity (Wildman–Crippen MR) is 93.0 cm³/mol. The van der Waals surface area contributed by atoms with Crippen LogP contribution in [0.25, 0.3) is 0 Å². The van der Waals surface area contributed by atoms with Crippen LogP contribution in [-0.2, 0) is 6.42 Å². The molecule has 0 aliphatic heterocycles. The van der Waals surface area contributed by atoms with E-state index >= 15 is 0 Å². The highest BCUT2D eigenvalue weighted by atomic mass is 79.9. The monoisotopic (exact) mass is 413 g/mol. The summed E-state index contributed by atoms with van der Waals surface area (Å²) in [6.07, 6.45) is 1.91. The van der Waals surface area contributed by atoms with Gasteiger partial charge in [0.2, 0.25) is 0 Å². The van der Waals surface area contributed by atoms with Crippen LogP contribution in [0.2, 0.25) is 0 Å². The molecule has 1 unspecified atom stereocenters. The number of hydrogen-bond acceptors (Lipinski definition) is 1. The van der Waals surface area contributed by atoms with E-state index in [4.69, 9.17) is 0 Å². The molecule has 1 nitrogen and oxygen atoms in total. The SMILES string of the molecule is CCCNC(Cc1ccc(F)cc1)c1cc(Br)cc(Br)c1. The molecular formula is C17H18Br2FN. The van der Waals surface area contributed by atoms with E-state index < -0.39 is 0 Å². The van der Waals surface area contributed by atoms with E-state index in [2.05, 4.69) is 56.2 Å². The van der Waals surface area contributed by atoms with Crippen LogP contribution >= 0.6 is 31.9 Å². The third-order valence-electron chi connectivity index (χ3n) is 3.28. The summed E-state index contributed by atoms with van der Waals surface area (Å²) in [4.78, 5) is 0. The number of benzene rings is 2. The van der Waals surface area contributed by atoms with Crippen LogP contribution in [0.4, 0.5) is 4.39 Å². The van der Waals surface area contributed by atoms with Crippen LogP contribution in [0.1, 0.15) is 30.5 Å². The van der Waals surface area contributed by atoms with Gasteiger partial charge in [-0.2, -0.15) is 0 Å². The van der Waals surface area contributed by atoms with E-state index in [1.165, 1.54) is 17.7 Å². The Morgan fingerprint density at radius 3 is 2.24 bits per heavy atom. The van der Waals surface area contributed by atoms with Crippen molar-refractivity contribution in [1.29, 1.82) is 0 Å². The largest absolute Gasteiger partial charge is 0.310 e. The van der Waals surface area contributed by atoms with Crippen molar-refractivity contribution in [3.8, 4) is 0 Å². The van der Waals surface area contributed by atoms with Gasteiger partial charge in [0.15, 0.2) is 0 Å². The molecule has 0 fully saturated rings. The van der Waals surface area contributed by atoms with Crippen LogP contribution in [0, 0.1) is 5.82 Å². The summed E-state index contributed by atoms with van der Waals surface area (Å²) in [7, 11) is 0. The smallest absolute Gasteiger partial charge is 0.123 e. The first kappa shape index (κ1) is 16.7. The minimum atomic E-state index is -0.193. The van der Waals surface area contributed by atoms with Gasteiger partial charge in [0.05, 0.1) is 0 Å². The molecule has 0 amide bonds. The Morgan fingerprint density at radius 2 is 1.67 bits per heavy atom. The second kappa shape index (κ2) is 8.06. The molecule has 4 heteroatoms. The van der Waals surface area contributed by atoms with Gasteiger partial charge in [0.25, 0.3) is 0 Å². The van der Waals surface area contributed by atoms with E-state index in [0.29, 0.717) is 0 Å². The van der Waals surface area contributed by atoms with Crippen LogP contribution < -0.4 is 5.32 Å². The molecule has 112 valence electrons. The second-order valence-corrected chi connectivity index (χ2v) is 6.87. The van der Waals surface area contributed by atoms with Crippen molar-refractivity contribution in [2.75, 3.05) is 6.54 Å². The van der Waals surface area contributed by atoms with Crippen molar-refractivity contribution in [3.05, 3.63) is 68.4 Å². The fourth-order valence-corrected chi connectivity index (χ4v) is 3.59. The quantitative estimate of drug-likeness (QED) is 0.645. The van der Waals surface area contributed by atoms with E-state index in [-0.39, 0.29) is 11.9 Å². The molecule has 0 heterocycles. The zero-order valence-corrected chi connectivity index (χ0v) is 15.0. The Labute approximate surface area is 142 Å². The molecule has 1 N–H and O–H groups in total. The third kappa shape index (κ3) is 5.20. The molecule has 2 rings (SSSR count). The molecule has 0 spiro atoms. The van der Waals surface area contributed by atoms with Crippen LogP contribution in [-0.4, -0.2) is 6.54 Å². The van der Waals surface area contributed by atoms with Crippen molar-refractivity contribution < 1.29 is 4.39 Å². The molecule has 0 bridgehead atoms. The van der Waals surface area contributed by atoms with Gasteiger partial charge in [-0.15, -0.1) is 0 Å². The molecule has 0 aromatic heterocycles. The van der Waals surface area contributed by atoms with Gasteiger partial charge in [-0.05, 0) is 60.8 Å². The van der Waals surface area contributed by atoms with Gasteiger partial charge in [-0.1, -0.05) is 50.9 Å². The molecule has 21 heavy (non-hydrogen) atoms. The highest BCUT2D eigenvalue weighted by Crippen LogP contribution is 2.26. The van der Waals surface area contributed by atoms with Crippen molar-refractivity contribution in [2.24, 2.45) is 0 Å². The highest BCUT2D eigenvalue weighted by Gasteiger charge is 2.13. The lowest BCUT2D eigenvalue weighted by Gasteiger charge is -2.20. The van der Waals surface area contributed by atoms with Gasteiger partial charge in [0.1, 0.15) is 5.82 Å². The fourth-order valence-electron chi connectivity index (χ4n) is 2.26. The number of halogens is 3. The molecule has 0 saturated heterocycles. The highest BCUT2D eigenvalue weighted by molar-refractivity contribution is 9.11. The first-order valence-electron chi connectivity index (χ1n) is 7.02. The standard InChI is InChI=1S/C17H18Br2FN/c1-2-7-21-17(8-12-3-5-16(20)6-4-12)13-9-14(18)11-15(19)10-13/h3-6,9-11,17,21H,2,7-8H2,1H3. The molecular weight excluding hydrogens is 397 g/mol. The van der Waals surface area contributed by atoms with Crippen LogP contribution in [0.3, 0.4) is 0 Å². The summed E-state index contributed by atoms with van der Waals surface area (Å²) in [5.41, 5.74) is 2.34. The summed E-state index contributed by atoms with van der Waals surface area (Å²) in [5.74, 6) is -0.193. The normalized spacial score (nSPS) is 12.4. The van der Waals surface area contributed by atoms with E-state index in [0.717, 1.165) is 33.9 Å². The maximum Gasteiger partial charge on any atom is 0.123 e. The average Bonchev–Trinajstić information content (AvgIpc) is 2.44. The first-order valence-corrected chi connectivity index (χ1v) is 8.61. The number of hydrogen-bond donors (Lipinski definition) is 1. The Hall–Kier alpha value is -0.710. The Morgan fingerprint density at radius 1 is 1.05 bits per heavy atom. The van der Waals surface area contributed by atoms with Gasteiger partial charge in [-0.3, -0.25) is 0 Å². The lowest BCUT2D eigenvalue weighted by atomic mass is 9.98. The topological polar surface area (TPSA) is 12.0 Å². The molecule has 1 atom stereocenters. The first-order chi connectivity index (χ1) is 10.1. The maximum atomic E-state index is 13.0. The molecule has 0 aliphatic carbocycles. The van der Waals surface area contributed by atoms with Gasteiger partial charge >= 0.3 is 0 Å². The fraction of sp³-hybridized carbons (Fsp3) is 0.294. The third-order valence-corrected chi connectivity index (χ3v) is 4.20. The van der Waals surface area contributed by atoms with Crippen molar-refractivity contribution in [1.82, 2.24) is 5.32 Å². The molecule has 0 saturated carbocycles. The molecule has 2 aromatic carbocycles. The van der Waals surface area contributed by atoms with Gasteiger partial charge < -0.3 is 5.32 Å². The minimum Gasteiger partial charge on any atom is -0.310 e. The number of rotatable bonds is 6. The molecule has 2 aromatic rings. The van der Waals surface area contributed by atoms with Gasteiger partial charge in [0, 0.05) is 15.0 Å². The van der Waals surface area contributed by atoms with Crippen LogP contribution in [0.5, 0.6) is 0 Å². The summed E-state index contributed by atoms with van der Waals surface area (Å²) >= 11 is 7.07. The summed E-state index contributed by atoms with van der Waals surface area (Å²) in [6.45, 7) is 3.11. The summed E-state index contributed by atoms with van der Waals surface area (Å²) < 4.78 is 15.1. The van der Waals surface area contributed by atoms with Gasteiger partial charge in [-0.25, -0.2) is 4.39 Å². The summed E-state index contributed by atoms with van der Waals surface area (Å²) in [5, 5.41) is 3.57. The molecule has 0 radical (unpaired) electrons. The minimum absolute atomic E-state index is 0.193. The average molecular weight is 415 g/mol. The Bertz CT molecular complexity index is 564. The van der Waals surface area contributed by atoms with E-state index in [9.17, 15) is 4.39 Å². The Balaban J connectivity index is 2.22. The summed E-state index contributed by atoms with van der Waals surface area (Å²) in [6, 6.07) is 13.2. The predicted octanol–water partition coefficient (Wildman–Crippen LogP) is 5.63. The van der Waals surface area contributed by atoms with E-state index in [1.807, 2.05) is 18.2 Å². The van der Waals surface area contributed by atoms with Crippen molar-refractivity contribution in [3.63, 3.8) is 0 Å². The lowest BCUT2D eigenvalue weighted by molar-refractivity contribution is 0.528. The zero-order chi connectivity index (χ0) is 15.2. The van der Waals surface area contributed by atoms with Crippen molar-refractivity contribution >= 4 is 31.9 Å². The second-order valence-electron chi connectivity index (χ2n) is 5.04. The lowest BCUT2D eigenvalue weighted by Crippen LogP contribution is -2.24. The molecule has 0 aliphatic rings.